The number of hydrogen-bond acceptors (Lipinski definition) is 2. The third-order valence-electron chi connectivity index (χ3n) is 5.06. The molecule has 140 valence electrons. The Labute approximate surface area is 160 Å². The van der Waals surface area contributed by atoms with Gasteiger partial charge in [0.1, 0.15) is 5.82 Å². The molecular weight excluding hydrogens is 351 g/mol. The minimum Gasteiger partial charge on any atom is -0.349 e. The zero-order valence-electron chi connectivity index (χ0n) is 14.7. The molecule has 0 aromatic heterocycles. The lowest BCUT2D eigenvalue weighted by Gasteiger charge is -2.22. The van der Waals surface area contributed by atoms with Gasteiger partial charge >= 0.3 is 0 Å². The summed E-state index contributed by atoms with van der Waals surface area (Å²) in [6, 6.07) is 16.2. The van der Waals surface area contributed by atoms with Crippen LogP contribution in [-0.4, -0.2) is 11.9 Å². The second-order valence-corrected chi connectivity index (χ2v) is 6.89. The van der Waals surface area contributed by atoms with Crippen LogP contribution in [0.2, 0.25) is 0 Å². The summed E-state index contributed by atoms with van der Waals surface area (Å²) in [5, 5.41) is 3.04. The van der Waals surface area contributed by atoms with Crippen molar-refractivity contribution in [3.63, 3.8) is 0 Å². The summed E-state index contributed by atoms with van der Waals surface area (Å²) in [7, 11) is 0. The minimum absolute atomic E-state index is 0. The fraction of sp³-hybridized carbons (Fsp3) is 0.381. The highest BCUT2D eigenvalue weighted by atomic mass is 35.5. The monoisotopic (exact) mass is 376 g/mol. The minimum atomic E-state index is -0.381. The van der Waals surface area contributed by atoms with E-state index in [1.54, 1.807) is 18.2 Å². The molecule has 0 spiro atoms. The highest BCUT2D eigenvalue weighted by Crippen LogP contribution is 2.28. The van der Waals surface area contributed by atoms with Gasteiger partial charge in [-0.05, 0) is 36.8 Å². The molecule has 1 amide bonds. The quantitative estimate of drug-likeness (QED) is 0.795. The zero-order chi connectivity index (χ0) is 17.6. The van der Waals surface area contributed by atoms with E-state index in [0.717, 1.165) is 24.8 Å². The Bertz CT molecular complexity index is 710. The fourth-order valence-corrected chi connectivity index (χ4v) is 3.66. The molecule has 1 aliphatic carbocycles. The molecule has 1 aliphatic rings. The van der Waals surface area contributed by atoms with E-state index in [9.17, 15) is 9.18 Å². The van der Waals surface area contributed by atoms with Crippen LogP contribution in [0.25, 0.3) is 0 Å². The number of benzene rings is 2. The van der Waals surface area contributed by atoms with Crippen molar-refractivity contribution in [1.82, 2.24) is 5.32 Å². The first kappa shape index (κ1) is 20.4. The third-order valence-corrected chi connectivity index (χ3v) is 5.06. The molecule has 3 nitrogen and oxygen atoms in total. The number of halogens is 2. The molecule has 2 aromatic rings. The number of carbonyl (C=O) groups excluding carboxylic acids is 1. The highest BCUT2D eigenvalue weighted by Gasteiger charge is 2.27. The summed E-state index contributed by atoms with van der Waals surface area (Å²) in [4.78, 5) is 12.5. The normalized spacial score (nSPS) is 20.2. The second-order valence-electron chi connectivity index (χ2n) is 6.89. The van der Waals surface area contributed by atoms with Crippen molar-refractivity contribution in [2.24, 2.45) is 11.7 Å². The Kier molecular flexibility index (Phi) is 7.61. The van der Waals surface area contributed by atoms with Gasteiger partial charge < -0.3 is 11.1 Å². The average molecular weight is 377 g/mol. The summed E-state index contributed by atoms with van der Waals surface area (Å²) in [6.07, 6.45) is 4.04. The second kappa shape index (κ2) is 9.70. The Hall–Kier alpha value is -1.91. The molecule has 1 unspecified atom stereocenters. The zero-order valence-corrected chi connectivity index (χ0v) is 15.6. The van der Waals surface area contributed by atoms with Crippen LogP contribution in [0.15, 0.2) is 54.6 Å². The molecule has 26 heavy (non-hydrogen) atoms. The van der Waals surface area contributed by atoms with E-state index in [1.165, 1.54) is 6.07 Å². The van der Waals surface area contributed by atoms with Crippen molar-refractivity contribution >= 4 is 18.3 Å². The van der Waals surface area contributed by atoms with Gasteiger partial charge in [-0.3, -0.25) is 4.79 Å². The Morgan fingerprint density at radius 3 is 2.46 bits per heavy atom. The largest absolute Gasteiger partial charge is 0.349 e. The summed E-state index contributed by atoms with van der Waals surface area (Å²) in [5.74, 6) is -0.106. The van der Waals surface area contributed by atoms with Crippen LogP contribution in [-0.2, 0) is 11.2 Å². The van der Waals surface area contributed by atoms with Crippen molar-refractivity contribution in [1.29, 1.82) is 0 Å². The molecule has 3 rings (SSSR count). The van der Waals surface area contributed by atoms with Crippen LogP contribution in [0.1, 0.15) is 42.9 Å². The predicted molar refractivity (Wildman–Crippen MR) is 105 cm³/mol. The lowest BCUT2D eigenvalue weighted by Crippen LogP contribution is -2.34. The molecule has 0 saturated heterocycles. The smallest absolute Gasteiger partial charge is 0.220 e. The van der Waals surface area contributed by atoms with Crippen molar-refractivity contribution in [2.45, 2.75) is 44.2 Å². The van der Waals surface area contributed by atoms with Gasteiger partial charge in [0, 0.05) is 18.0 Å². The van der Waals surface area contributed by atoms with E-state index >= 15 is 0 Å². The Balaban J connectivity index is 0.00000243. The summed E-state index contributed by atoms with van der Waals surface area (Å²) < 4.78 is 14.3. The van der Waals surface area contributed by atoms with Gasteiger partial charge in [-0.25, -0.2) is 4.39 Å². The van der Waals surface area contributed by atoms with Gasteiger partial charge in [0.2, 0.25) is 5.91 Å². The first-order valence-electron chi connectivity index (χ1n) is 8.97. The van der Waals surface area contributed by atoms with Gasteiger partial charge in [0.25, 0.3) is 0 Å². The van der Waals surface area contributed by atoms with Crippen LogP contribution >= 0.6 is 12.4 Å². The number of nitrogens with two attached hydrogens (primary N) is 1. The Morgan fingerprint density at radius 1 is 1.12 bits per heavy atom. The number of amides is 1. The summed E-state index contributed by atoms with van der Waals surface area (Å²) >= 11 is 0. The predicted octanol–water partition coefficient (Wildman–Crippen LogP) is 4.17. The number of rotatable bonds is 6. The van der Waals surface area contributed by atoms with Crippen molar-refractivity contribution in [3.8, 4) is 0 Å². The molecule has 5 heteroatoms. The molecule has 0 aliphatic heterocycles. The first-order valence-corrected chi connectivity index (χ1v) is 8.97. The lowest BCUT2D eigenvalue weighted by atomic mass is 9.96. The van der Waals surface area contributed by atoms with E-state index in [0.29, 0.717) is 18.4 Å². The molecule has 0 radical (unpaired) electrons. The van der Waals surface area contributed by atoms with Gasteiger partial charge in [-0.15, -0.1) is 12.4 Å². The van der Waals surface area contributed by atoms with Gasteiger partial charge in [-0.1, -0.05) is 55.0 Å². The van der Waals surface area contributed by atoms with Crippen LogP contribution in [0.5, 0.6) is 0 Å². The topological polar surface area (TPSA) is 55.1 Å². The lowest BCUT2D eigenvalue weighted by molar-refractivity contribution is -0.122. The average Bonchev–Trinajstić information content (AvgIpc) is 3.00. The maximum absolute atomic E-state index is 14.3. The standard InChI is InChI=1S/C21H25FN2O.ClH/c22-18-11-5-4-10-17(18)20(13-15-7-2-1-3-8-15)24-21(25)14-16-9-6-12-19(16)23;/h1-5,7-8,10-11,16,19-20H,6,9,12-14,23H2,(H,24,25);1H/t16-,19+,20?;/m0./s1. The molecule has 1 saturated carbocycles. The molecular formula is C21H26ClFN2O. The van der Waals surface area contributed by atoms with Crippen molar-refractivity contribution in [2.75, 3.05) is 0 Å². The van der Waals surface area contributed by atoms with Crippen LogP contribution in [0.4, 0.5) is 4.39 Å². The van der Waals surface area contributed by atoms with Crippen LogP contribution in [0, 0.1) is 11.7 Å². The summed E-state index contributed by atoms with van der Waals surface area (Å²) in [6.45, 7) is 0. The molecule has 2 aromatic carbocycles. The summed E-state index contributed by atoms with van der Waals surface area (Å²) in [5.41, 5.74) is 7.66. The molecule has 0 heterocycles. The highest BCUT2D eigenvalue weighted by molar-refractivity contribution is 5.85. The van der Waals surface area contributed by atoms with E-state index in [2.05, 4.69) is 5.32 Å². The van der Waals surface area contributed by atoms with Crippen LogP contribution in [0.3, 0.4) is 0 Å². The van der Waals surface area contributed by atoms with E-state index < -0.39 is 0 Å². The van der Waals surface area contributed by atoms with E-state index in [1.807, 2.05) is 30.3 Å². The van der Waals surface area contributed by atoms with Crippen molar-refractivity contribution < 1.29 is 9.18 Å². The first-order chi connectivity index (χ1) is 12.1. The van der Waals surface area contributed by atoms with E-state index in [4.69, 9.17) is 5.73 Å². The van der Waals surface area contributed by atoms with Gasteiger partial charge in [0.15, 0.2) is 0 Å². The molecule has 0 bridgehead atoms. The number of nitrogens with one attached hydrogen (secondary N) is 1. The molecule has 1 fully saturated rings. The van der Waals surface area contributed by atoms with Crippen LogP contribution < -0.4 is 11.1 Å². The van der Waals surface area contributed by atoms with Crippen molar-refractivity contribution in [3.05, 3.63) is 71.5 Å². The Morgan fingerprint density at radius 2 is 1.81 bits per heavy atom. The molecule has 3 N–H and O–H groups in total. The SMILES string of the molecule is Cl.N[C@@H]1CCC[C@H]1CC(=O)NC(Cc1ccccc1)c1ccccc1F. The fourth-order valence-electron chi connectivity index (χ4n) is 3.66. The maximum atomic E-state index is 14.3. The number of carbonyl (C=O) groups is 1. The molecule has 3 atom stereocenters. The number of hydrogen-bond donors (Lipinski definition) is 2. The van der Waals surface area contributed by atoms with Gasteiger partial charge in [-0.2, -0.15) is 0 Å². The maximum Gasteiger partial charge on any atom is 0.220 e. The van der Waals surface area contributed by atoms with E-state index in [-0.39, 0.29) is 42.1 Å². The van der Waals surface area contributed by atoms with Gasteiger partial charge in [0.05, 0.1) is 6.04 Å². The third kappa shape index (κ3) is 5.29.